The minimum Gasteiger partial charge on any atom is -0.508 e. The molecule has 11 heteroatoms. The highest BCUT2D eigenvalue weighted by Crippen LogP contribution is 2.49. The van der Waals surface area contributed by atoms with E-state index in [1.165, 1.54) is 0 Å². The lowest BCUT2D eigenvalue weighted by Gasteiger charge is -2.43. The number of nitriles is 1. The Hall–Kier alpha value is -6.48. The maximum absolute atomic E-state index is 14.9. The van der Waals surface area contributed by atoms with Crippen LogP contribution in [0.5, 0.6) is 11.8 Å². The molecule has 4 atom stereocenters. The first kappa shape index (κ1) is 39.6. The number of fused-ring (bicyclic) bond motifs is 2. The van der Waals surface area contributed by atoms with Crippen LogP contribution in [-0.4, -0.2) is 107 Å². The lowest BCUT2D eigenvalue weighted by atomic mass is 9.76. The number of carbonyl (C=O) groups is 1. The number of hydrogen-bond acceptors (Lipinski definition) is 10. The zero-order valence-electron chi connectivity index (χ0n) is 35.2. The second-order valence-electron chi connectivity index (χ2n) is 17.2. The van der Waals surface area contributed by atoms with Crippen molar-refractivity contribution in [1.29, 1.82) is 5.26 Å². The van der Waals surface area contributed by atoms with Crippen molar-refractivity contribution in [3.05, 3.63) is 155 Å². The van der Waals surface area contributed by atoms with Gasteiger partial charge in [0.2, 0.25) is 5.91 Å². The maximum Gasteiger partial charge on any atom is 0.318 e. The van der Waals surface area contributed by atoms with E-state index in [-0.39, 0.29) is 30.2 Å². The molecule has 5 heterocycles. The molecule has 4 aliphatic heterocycles. The van der Waals surface area contributed by atoms with Gasteiger partial charge in [-0.25, -0.2) is 0 Å². The first-order valence-corrected chi connectivity index (χ1v) is 22.0. The molecular formula is C51H52N8O3. The van der Waals surface area contributed by atoms with Crippen molar-refractivity contribution in [2.75, 3.05) is 62.7 Å². The molecule has 3 fully saturated rings. The molecule has 0 spiro atoms. The molecule has 1 N–H and O–H groups in total. The third-order valence-corrected chi connectivity index (χ3v) is 13.6. The fourth-order valence-corrected chi connectivity index (χ4v) is 10.4. The number of likely N-dealkylation sites (tertiary alicyclic amines) is 1. The first-order valence-electron chi connectivity index (χ1n) is 22.0. The van der Waals surface area contributed by atoms with Crippen molar-refractivity contribution in [1.82, 2.24) is 24.7 Å². The third kappa shape index (κ3) is 7.27. The molecule has 11 nitrogen and oxygen atoms in total. The van der Waals surface area contributed by atoms with E-state index in [1.807, 2.05) is 47.4 Å². The monoisotopic (exact) mass is 824 g/mol. The predicted molar refractivity (Wildman–Crippen MR) is 241 cm³/mol. The summed E-state index contributed by atoms with van der Waals surface area (Å²) >= 11 is 0. The number of phenolic OH excluding ortho intramolecular Hbond substituents is 1. The average molecular weight is 825 g/mol. The van der Waals surface area contributed by atoms with Crippen LogP contribution in [0.1, 0.15) is 47.2 Å². The molecule has 0 saturated carbocycles. The van der Waals surface area contributed by atoms with Crippen molar-refractivity contribution in [3.8, 4) is 17.8 Å². The molecule has 0 bridgehead atoms. The molecule has 0 aliphatic carbocycles. The standard InChI is InChI=1S/C51H52N8O3/c1-55-26-13-21-41(55)35-62-50-53-45-33-56(46-31-42(60)30-36-14-11-12-22-43(36)46)27-24-44(45)48(54-50)57-28-29-58(40(32-57)23-25-52)49(61)47-34-59(47)51(37-15-5-2-6-16-37,38-17-7-3-8-18-38)39-19-9-4-10-20-39/h2-12,14-20,22,30-31,40-41,47,60H,13,21,23-24,26-29,32-35H2,1H3/t40-,41-,47?,59+/m0/s1. The number of ether oxygens (including phenoxy) is 1. The summed E-state index contributed by atoms with van der Waals surface area (Å²) in [5, 5.41) is 23.0. The van der Waals surface area contributed by atoms with Crippen LogP contribution in [0.3, 0.4) is 0 Å². The van der Waals surface area contributed by atoms with Gasteiger partial charge in [0.05, 0.1) is 36.3 Å². The number of aromatic hydroxyl groups is 1. The van der Waals surface area contributed by atoms with Crippen LogP contribution in [0.15, 0.2) is 127 Å². The van der Waals surface area contributed by atoms with Crippen LogP contribution in [0.25, 0.3) is 10.8 Å². The SMILES string of the molecule is CN1CCC[C@H]1COc1nc2c(c(N3CCN(C(=O)C4C[N@@]4C(c4ccccc4)(c4ccccc4)c4ccccc4)[C@@H](CC#N)C3)n1)CCN(c1cc(O)cc3ccccc13)C2. The van der Waals surface area contributed by atoms with Crippen LogP contribution >= 0.6 is 0 Å². The van der Waals surface area contributed by atoms with Gasteiger partial charge < -0.3 is 29.4 Å². The van der Waals surface area contributed by atoms with Gasteiger partial charge in [0, 0.05) is 61.5 Å². The summed E-state index contributed by atoms with van der Waals surface area (Å²) in [4.78, 5) is 36.3. The quantitative estimate of drug-likeness (QED) is 0.109. The van der Waals surface area contributed by atoms with Crippen molar-refractivity contribution in [2.45, 2.75) is 55.9 Å². The van der Waals surface area contributed by atoms with Gasteiger partial charge in [-0.3, -0.25) is 9.69 Å². The van der Waals surface area contributed by atoms with E-state index in [0.717, 1.165) is 69.6 Å². The molecule has 0 radical (unpaired) electrons. The number of nitrogens with zero attached hydrogens (tertiary/aromatic N) is 8. The summed E-state index contributed by atoms with van der Waals surface area (Å²) in [5.41, 5.74) is 5.56. The predicted octanol–water partition coefficient (Wildman–Crippen LogP) is 6.98. The second-order valence-corrected chi connectivity index (χ2v) is 17.2. The minimum atomic E-state index is -0.682. The van der Waals surface area contributed by atoms with Gasteiger partial charge in [0.25, 0.3) is 0 Å². The molecule has 1 unspecified atom stereocenters. The summed E-state index contributed by atoms with van der Waals surface area (Å²) in [5.74, 6) is 1.11. The molecule has 6 aromatic rings. The van der Waals surface area contributed by atoms with E-state index in [4.69, 9.17) is 14.7 Å². The molecule has 62 heavy (non-hydrogen) atoms. The Bertz CT molecular complexity index is 2510. The van der Waals surface area contributed by atoms with Crippen LogP contribution in [-0.2, 0) is 23.3 Å². The summed E-state index contributed by atoms with van der Waals surface area (Å²) < 4.78 is 6.44. The van der Waals surface area contributed by atoms with Crippen LogP contribution < -0.4 is 14.5 Å². The highest BCUT2D eigenvalue weighted by atomic mass is 16.5. The molecule has 10 rings (SSSR count). The van der Waals surface area contributed by atoms with Crippen LogP contribution in [0.2, 0.25) is 0 Å². The van der Waals surface area contributed by atoms with Gasteiger partial charge in [-0.15, -0.1) is 0 Å². The number of benzene rings is 5. The van der Waals surface area contributed by atoms with E-state index in [1.54, 1.807) is 6.07 Å². The fourth-order valence-electron chi connectivity index (χ4n) is 10.4. The van der Waals surface area contributed by atoms with E-state index < -0.39 is 5.54 Å². The van der Waals surface area contributed by atoms with E-state index >= 15 is 0 Å². The molecule has 1 aromatic heterocycles. The Kier molecular flexibility index (Phi) is 10.7. The first-order chi connectivity index (χ1) is 30.4. The molecule has 3 saturated heterocycles. The number of rotatable bonds is 11. The Morgan fingerprint density at radius 3 is 2.15 bits per heavy atom. The number of anilines is 2. The summed E-state index contributed by atoms with van der Waals surface area (Å²) in [6.07, 6.45) is 3.11. The molecule has 4 aliphatic rings. The van der Waals surface area contributed by atoms with Gasteiger partial charge in [0.1, 0.15) is 24.2 Å². The summed E-state index contributed by atoms with van der Waals surface area (Å²) in [6.45, 7) is 4.90. The molecular weight excluding hydrogens is 773 g/mol. The number of phenols is 1. The summed E-state index contributed by atoms with van der Waals surface area (Å²) in [6, 6.07) is 45.7. The normalized spacial score (nSPS) is 21.4. The number of carbonyl (C=O) groups excluding carboxylic acids is 1. The molecule has 5 aromatic carbocycles. The molecule has 314 valence electrons. The topological polar surface area (TPSA) is 112 Å². The van der Waals surface area contributed by atoms with Crippen LogP contribution in [0.4, 0.5) is 11.5 Å². The number of likely N-dealkylation sites (N-methyl/N-ethyl adjacent to an activating group) is 1. The van der Waals surface area contributed by atoms with E-state index in [0.29, 0.717) is 64.3 Å². The third-order valence-electron chi connectivity index (χ3n) is 13.6. The highest BCUT2D eigenvalue weighted by Gasteiger charge is 2.57. The van der Waals surface area contributed by atoms with Crippen molar-refractivity contribution in [2.24, 2.45) is 0 Å². The highest BCUT2D eigenvalue weighted by molar-refractivity contribution is 5.95. The average Bonchev–Trinajstić information content (AvgIpc) is 4.01. The maximum atomic E-state index is 14.9. The minimum absolute atomic E-state index is 0.0560. The van der Waals surface area contributed by atoms with E-state index in [9.17, 15) is 15.2 Å². The lowest BCUT2D eigenvalue weighted by Crippen LogP contribution is -2.57. The van der Waals surface area contributed by atoms with Gasteiger partial charge in [-0.1, -0.05) is 115 Å². The number of piperazine rings is 1. The zero-order chi connectivity index (χ0) is 42.2. The Balaban J connectivity index is 0.951. The largest absolute Gasteiger partial charge is 0.508 e. The Labute approximate surface area is 363 Å². The van der Waals surface area contributed by atoms with Crippen molar-refractivity contribution >= 4 is 28.2 Å². The molecule has 1 amide bonds. The lowest BCUT2D eigenvalue weighted by molar-refractivity contribution is -0.134. The smallest absolute Gasteiger partial charge is 0.318 e. The Morgan fingerprint density at radius 1 is 0.806 bits per heavy atom. The summed E-state index contributed by atoms with van der Waals surface area (Å²) in [7, 11) is 2.14. The van der Waals surface area contributed by atoms with Gasteiger partial charge >= 0.3 is 6.01 Å². The van der Waals surface area contributed by atoms with Crippen LogP contribution in [0, 0.1) is 11.3 Å². The van der Waals surface area contributed by atoms with E-state index in [2.05, 4.69) is 112 Å². The fraction of sp³-hybridized carbons (Fsp3) is 0.333. The van der Waals surface area contributed by atoms with Crippen molar-refractivity contribution in [3.63, 3.8) is 0 Å². The second kappa shape index (κ2) is 16.8. The van der Waals surface area contributed by atoms with Crippen molar-refractivity contribution < 1.29 is 14.6 Å². The Morgan fingerprint density at radius 2 is 1.48 bits per heavy atom. The zero-order valence-corrected chi connectivity index (χ0v) is 35.2. The van der Waals surface area contributed by atoms with Gasteiger partial charge in [-0.05, 0) is 61.0 Å². The van der Waals surface area contributed by atoms with Gasteiger partial charge in [-0.2, -0.15) is 15.2 Å². The van der Waals surface area contributed by atoms with Gasteiger partial charge in [0.15, 0.2) is 0 Å². The number of hydrogen-bond donors (Lipinski definition) is 1. The number of amides is 1. The number of aromatic nitrogens is 2.